The van der Waals surface area contributed by atoms with Crippen LogP contribution in [0.1, 0.15) is 24.6 Å². The molecule has 0 saturated carbocycles. The molecule has 1 aromatic carbocycles. The van der Waals surface area contributed by atoms with Gasteiger partial charge in [-0.25, -0.2) is 4.98 Å². The SMILES string of the molecule is CCCc1cc(CCl)cc(Oc2cc(Cl)cc(Cl)c2)n1. The number of ether oxygens (including phenoxy) is 1. The molecule has 2 rings (SSSR count). The second-order valence-electron chi connectivity index (χ2n) is 4.40. The predicted octanol–water partition coefficient (Wildman–Crippen LogP) is 5.87. The first-order chi connectivity index (χ1) is 9.60. The van der Waals surface area contributed by atoms with Crippen LogP contribution in [0.25, 0.3) is 0 Å². The fourth-order valence-electron chi connectivity index (χ4n) is 1.84. The van der Waals surface area contributed by atoms with E-state index in [2.05, 4.69) is 11.9 Å². The molecule has 0 spiro atoms. The molecular formula is C15H14Cl3NO. The Morgan fingerprint density at radius 3 is 2.35 bits per heavy atom. The highest BCUT2D eigenvalue weighted by molar-refractivity contribution is 6.34. The number of nitrogens with zero attached hydrogens (tertiary/aromatic N) is 1. The Morgan fingerprint density at radius 1 is 1.05 bits per heavy atom. The zero-order chi connectivity index (χ0) is 14.5. The van der Waals surface area contributed by atoms with Crippen molar-refractivity contribution in [2.75, 3.05) is 0 Å². The lowest BCUT2D eigenvalue weighted by Gasteiger charge is -2.09. The largest absolute Gasteiger partial charge is 0.439 e. The minimum absolute atomic E-state index is 0.423. The maximum Gasteiger partial charge on any atom is 0.219 e. The van der Waals surface area contributed by atoms with Gasteiger partial charge in [-0.05, 0) is 36.2 Å². The average molecular weight is 331 g/mol. The Hall–Kier alpha value is -0.960. The van der Waals surface area contributed by atoms with E-state index in [1.807, 2.05) is 12.1 Å². The van der Waals surface area contributed by atoms with Crippen LogP contribution in [-0.4, -0.2) is 4.98 Å². The summed E-state index contributed by atoms with van der Waals surface area (Å²) in [7, 11) is 0. The highest BCUT2D eigenvalue weighted by Crippen LogP contribution is 2.28. The average Bonchev–Trinajstić information content (AvgIpc) is 2.37. The molecule has 0 fully saturated rings. The molecule has 0 aliphatic heterocycles. The lowest BCUT2D eigenvalue weighted by molar-refractivity contribution is 0.460. The van der Waals surface area contributed by atoms with Crippen LogP contribution in [0.2, 0.25) is 10.0 Å². The molecule has 0 bridgehead atoms. The number of rotatable bonds is 5. The van der Waals surface area contributed by atoms with Crippen molar-refractivity contribution in [1.29, 1.82) is 0 Å². The van der Waals surface area contributed by atoms with Crippen LogP contribution in [0, 0.1) is 0 Å². The van der Waals surface area contributed by atoms with Gasteiger partial charge in [0.1, 0.15) is 5.75 Å². The van der Waals surface area contributed by atoms with Crippen molar-refractivity contribution in [3.05, 3.63) is 51.6 Å². The van der Waals surface area contributed by atoms with Gasteiger partial charge in [0.2, 0.25) is 5.88 Å². The Bertz CT molecular complexity index is 581. The van der Waals surface area contributed by atoms with Gasteiger partial charge >= 0.3 is 0 Å². The minimum atomic E-state index is 0.423. The van der Waals surface area contributed by atoms with Crippen LogP contribution in [0.4, 0.5) is 0 Å². The van der Waals surface area contributed by atoms with Gasteiger partial charge in [0, 0.05) is 27.7 Å². The summed E-state index contributed by atoms with van der Waals surface area (Å²) in [5.41, 5.74) is 1.95. The lowest BCUT2D eigenvalue weighted by atomic mass is 10.2. The fourth-order valence-corrected chi connectivity index (χ4v) is 2.50. The summed E-state index contributed by atoms with van der Waals surface area (Å²) in [4.78, 5) is 4.46. The van der Waals surface area contributed by atoms with Crippen molar-refractivity contribution >= 4 is 34.8 Å². The number of hydrogen-bond donors (Lipinski definition) is 0. The van der Waals surface area contributed by atoms with Crippen LogP contribution in [0.5, 0.6) is 11.6 Å². The monoisotopic (exact) mass is 329 g/mol. The second-order valence-corrected chi connectivity index (χ2v) is 5.54. The number of halogens is 3. The van der Waals surface area contributed by atoms with Gasteiger partial charge in [0.25, 0.3) is 0 Å². The molecule has 20 heavy (non-hydrogen) atoms. The van der Waals surface area contributed by atoms with Crippen molar-refractivity contribution in [2.24, 2.45) is 0 Å². The van der Waals surface area contributed by atoms with Crippen molar-refractivity contribution < 1.29 is 4.74 Å². The molecule has 2 aromatic rings. The Balaban J connectivity index is 2.29. The van der Waals surface area contributed by atoms with E-state index in [-0.39, 0.29) is 0 Å². The third kappa shape index (κ3) is 4.27. The van der Waals surface area contributed by atoms with Crippen molar-refractivity contribution in [2.45, 2.75) is 25.6 Å². The van der Waals surface area contributed by atoms with Gasteiger partial charge in [-0.3, -0.25) is 0 Å². The van der Waals surface area contributed by atoms with Crippen molar-refractivity contribution in [1.82, 2.24) is 4.98 Å². The first kappa shape index (κ1) is 15.4. The molecule has 0 aliphatic rings. The van der Waals surface area contributed by atoms with E-state index in [9.17, 15) is 0 Å². The normalized spacial score (nSPS) is 10.6. The van der Waals surface area contributed by atoms with E-state index in [4.69, 9.17) is 39.5 Å². The number of aromatic nitrogens is 1. The second kappa shape index (κ2) is 7.16. The molecule has 0 radical (unpaired) electrons. The lowest BCUT2D eigenvalue weighted by Crippen LogP contribution is -1.96. The van der Waals surface area contributed by atoms with Crippen LogP contribution < -0.4 is 4.74 Å². The summed E-state index contributed by atoms with van der Waals surface area (Å²) in [5, 5.41) is 1.05. The molecule has 2 nitrogen and oxygen atoms in total. The first-order valence-corrected chi connectivity index (χ1v) is 7.59. The van der Waals surface area contributed by atoms with E-state index < -0.39 is 0 Å². The van der Waals surface area contributed by atoms with Crippen LogP contribution >= 0.6 is 34.8 Å². The molecule has 0 aliphatic carbocycles. The summed E-state index contributed by atoms with van der Waals surface area (Å²) in [6, 6.07) is 8.86. The smallest absolute Gasteiger partial charge is 0.219 e. The van der Waals surface area contributed by atoms with Crippen LogP contribution in [-0.2, 0) is 12.3 Å². The minimum Gasteiger partial charge on any atom is -0.439 e. The highest BCUT2D eigenvalue weighted by Gasteiger charge is 2.06. The van der Waals surface area contributed by atoms with E-state index >= 15 is 0 Å². The number of pyridine rings is 1. The fraction of sp³-hybridized carbons (Fsp3) is 0.267. The summed E-state index contributed by atoms with van der Waals surface area (Å²) in [5.74, 6) is 1.49. The van der Waals surface area contributed by atoms with E-state index in [1.165, 1.54) is 0 Å². The number of benzene rings is 1. The molecule has 0 unspecified atom stereocenters. The third-order valence-electron chi connectivity index (χ3n) is 2.63. The van der Waals surface area contributed by atoms with Crippen LogP contribution in [0.3, 0.4) is 0 Å². The number of hydrogen-bond acceptors (Lipinski definition) is 2. The highest BCUT2D eigenvalue weighted by atomic mass is 35.5. The molecule has 5 heteroatoms. The van der Waals surface area contributed by atoms with Crippen molar-refractivity contribution in [3.8, 4) is 11.6 Å². The zero-order valence-corrected chi connectivity index (χ0v) is 13.3. The topological polar surface area (TPSA) is 22.1 Å². The summed E-state index contributed by atoms with van der Waals surface area (Å²) >= 11 is 17.8. The molecule has 0 saturated heterocycles. The van der Waals surface area contributed by atoms with Gasteiger partial charge in [0.05, 0.1) is 0 Å². The first-order valence-electron chi connectivity index (χ1n) is 6.30. The maximum atomic E-state index is 5.95. The summed E-state index contributed by atoms with van der Waals surface area (Å²) in [6.45, 7) is 2.10. The van der Waals surface area contributed by atoms with Crippen molar-refractivity contribution in [3.63, 3.8) is 0 Å². The van der Waals surface area contributed by atoms with E-state index in [1.54, 1.807) is 18.2 Å². The van der Waals surface area contributed by atoms with Gasteiger partial charge in [-0.15, -0.1) is 11.6 Å². The quantitative estimate of drug-likeness (QED) is 0.639. The molecule has 0 atom stereocenters. The van der Waals surface area contributed by atoms with Gasteiger partial charge < -0.3 is 4.74 Å². The van der Waals surface area contributed by atoms with Gasteiger partial charge in [-0.2, -0.15) is 0 Å². The third-order valence-corrected chi connectivity index (χ3v) is 3.38. The molecule has 106 valence electrons. The molecule has 1 aromatic heterocycles. The Labute approximate surface area is 133 Å². The Kier molecular flexibility index (Phi) is 5.53. The summed E-state index contributed by atoms with van der Waals surface area (Å²) < 4.78 is 5.73. The molecular weight excluding hydrogens is 317 g/mol. The van der Waals surface area contributed by atoms with Gasteiger partial charge in [-0.1, -0.05) is 36.5 Å². The molecule has 1 heterocycles. The molecule has 0 amide bonds. The Morgan fingerprint density at radius 2 is 1.75 bits per heavy atom. The van der Waals surface area contributed by atoms with E-state index in [0.29, 0.717) is 27.6 Å². The van der Waals surface area contributed by atoms with Crippen LogP contribution in [0.15, 0.2) is 30.3 Å². The van der Waals surface area contributed by atoms with E-state index in [0.717, 1.165) is 24.1 Å². The number of aryl methyl sites for hydroxylation is 1. The predicted molar refractivity (Wildman–Crippen MR) is 84.3 cm³/mol. The maximum absolute atomic E-state index is 5.95. The van der Waals surface area contributed by atoms with Gasteiger partial charge in [0.15, 0.2) is 0 Å². The summed E-state index contributed by atoms with van der Waals surface area (Å²) in [6.07, 6.45) is 1.90. The zero-order valence-electron chi connectivity index (χ0n) is 11.0. The number of alkyl halides is 1. The standard InChI is InChI=1S/C15H14Cl3NO/c1-2-3-13-4-10(9-16)5-15(19-13)20-14-7-11(17)6-12(18)8-14/h4-8H,2-3,9H2,1H3. The molecule has 0 N–H and O–H groups in total.